The van der Waals surface area contributed by atoms with Crippen LogP contribution in [0.4, 0.5) is 0 Å². The summed E-state index contributed by atoms with van der Waals surface area (Å²) in [4.78, 5) is 16.6. The molecule has 0 aliphatic heterocycles. The lowest BCUT2D eigenvalue weighted by Gasteiger charge is -2.04. The zero-order valence-corrected chi connectivity index (χ0v) is 12.0. The van der Waals surface area contributed by atoms with Gasteiger partial charge >= 0.3 is 0 Å². The average Bonchev–Trinajstić information content (AvgIpc) is 2.90. The largest absolute Gasteiger partial charge is 0.347 e. The summed E-state index contributed by atoms with van der Waals surface area (Å²) >= 11 is 1.39. The van der Waals surface area contributed by atoms with Gasteiger partial charge in [0.15, 0.2) is 0 Å². The highest BCUT2D eigenvalue weighted by atomic mass is 32.1. The Morgan fingerprint density at radius 3 is 3.05 bits per heavy atom. The first-order chi connectivity index (χ1) is 9.69. The quantitative estimate of drug-likeness (QED) is 0.843. The first-order valence-electron chi connectivity index (χ1n) is 6.17. The Balaban J connectivity index is 1.98. The molecule has 1 aromatic heterocycles. The van der Waals surface area contributed by atoms with Crippen molar-refractivity contribution in [2.24, 2.45) is 5.73 Å². The van der Waals surface area contributed by atoms with Crippen molar-refractivity contribution in [2.45, 2.75) is 13.5 Å². The summed E-state index contributed by atoms with van der Waals surface area (Å²) in [5.74, 6) is 5.68. The molecule has 0 aliphatic carbocycles. The predicted octanol–water partition coefficient (Wildman–Crippen LogP) is 1.69. The lowest BCUT2D eigenvalue weighted by atomic mass is 10.1. The third-order valence-electron chi connectivity index (χ3n) is 2.56. The smallest absolute Gasteiger partial charge is 0.263 e. The molecule has 20 heavy (non-hydrogen) atoms. The third kappa shape index (κ3) is 3.92. The molecule has 1 heterocycles. The van der Waals surface area contributed by atoms with Crippen LogP contribution in [0.1, 0.15) is 25.8 Å². The fourth-order valence-electron chi connectivity index (χ4n) is 1.65. The van der Waals surface area contributed by atoms with Crippen LogP contribution in [0.15, 0.2) is 30.5 Å². The highest BCUT2D eigenvalue weighted by molar-refractivity contribution is 7.13. The number of aryl methyl sites for hydroxylation is 1. The number of rotatable bonds is 3. The van der Waals surface area contributed by atoms with E-state index in [0.29, 0.717) is 18.0 Å². The van der Waals surface area contributed by atoms with Gasteiger partial charge in [-0.3, -0.25) is 4.79 Å². The summed E-state index contributed by atoms with van der Waals surface area (Å²) in [6.45, 7) is 2.68. The number of nitrogens with two attached hydrogens (primary N) is 1. The number of thiazole rings is 1. The van der Waals surface area contributed by atoms with Crippen LogP contribution in [0.3, 0.4) is 0 Å². The minimum atomic E-state index is -0.103. The molecule has 4 nitrogen and oxygen atoms in total. The lowest BCUT2D eigenvalue weighted by molar-refractivity contribution is 0.0955. The van der Waals surface area contributed by atoms with Crippen LogP contribution in [0, 0.1) is 18.8 Å². The molecular weight excluding hydrogens is 270 g/mol. The minimum Gasteiger partial charge on any atom is -0.347 e. The number of benzene rings is 1. The third-order valence-corrected chi connectivity index (χ3v) is 3.47. The molecule has 1 amide bonds. The maximum Gasteiger partial charge on any atom is 0.263 e. The Morgan fingerprint density at radius 1 is 1.50 bits per heavy atom. The summed E-state index contributed by atoms with van der Waals surface area (Å²) in [5.41, 5.74) is 7.25. The Hall–Kier alpha value is -2.16. The number of carbonyl (C=O) groups excluding carboxylic acids is 1. The average molecular weight is 285 g/mol. The lowest BCUT2D eigenvalue weighted by Crippen LogP contribution is -2.21. The molecule has 0 radical (unpaired) electrons. The van der Waals surface area contributed by atoms with Gasteiger partial charge in [-0.25, -0.2) is 4.98 Å². The molecule has 3 N–H and O–H groups in total. The Bertz CT molecular complexity index is 667. The second-order valence-corrected chi connectivity index (χ2v) is 5.37. The van der Waals surface area contributed by atoms with Crippen molar-refractivity contribution in [3.8, 4) is 11.8 Å². The summed E-state index contributed by atoms with van der Waals surface area (Å²) in [6, 6.07) is 7.73. The van der Waals surface area contributed by atoms with Gasteiger partial charge in [0.05, 0.1) is 17.7 Å². The van der Waals surface area contributed by atoms with E-state index in [1.807, 2.05) is 31.2 Å². The number of nitrogens with zero attached hydrogens (tertiary/aromatic N) is 1. The van der Waals surface area contributed by atoms with Gasteiger partial charge in [0.1, 0.15) is 4.88 Å². The summed E-state index contributed by atoms with van der Waals surface area (Å²) in [5, 5.41) is 3.75. The maximum absolute atomic E-state index is 11.9. The van der Waals surface area contributed by atoms with Crippen molar-refractivity contribution in [1.29, 1.82) is 0 Å². The van der Waals surface area contributed by atoms with Crippen LogP contribution in [-0.4, -0.2) is 17.4 Å². The molecule has 1 aromatic carbocycles. The molecule has 0 unspecified atom stereocenters. The van der Waals surface area contributed by atoms with E-state index in [2.05, 4.69) is 22.1 Å². The molecule has 0 spiro atoms. The Labute approximate surface area is 122 Å². The number of hydrogen-bond donors (Lipinski definition) is 2. The van der Waals surface area contributed by atoms with Crippen LogP contribution < -0.4 is 11.1 Å². The van der Waals surface area contributed by atoms with Crippen LogP contribution in [0.2, 0.25) is 0 Å². The van der Waals surface area contributed by atoms with Crippen LogP contribution in [0.5, 0.6) is 0 Å². The summed E-state index contributed by atoms with van der Waals surface area (Å²) in [7, 11) is 0. The molecule has 2 aromatic rings. The Morgan fingerprint density at radius 2 is 2.35 bits per heavy atom. The highest BCUT2D eigenvalue weighted by Gasteiger charge is 2.08. The normalized spacial score (nSPS) is 9.70. The van der Waals surface area contributed by atoms with Gasteiger partial charge in [-0.2, -0.15) is 0 Å². The molecule has 0 atom stereocenters. The van der Waals surface area contributed by atoms with Crippen molar-refractivity contribution in [1.82, 2.24) is 10.3 Å². The summed E-state index contributed by atoms with van der Waals surface area (Å²) < 4.78 is 0. The Kier molecular flexibility index (Phi) is 4.88. The minimum absolute atomic E-state index is 0.103. The van der Waals surface area contributed by atoms with Crippen molar-refractivity contribution in [3.05, 3.63) is 51.5 Å². The van der Waals surface area contributed by atoms with Gasteiger partial charge in [0.2, 0.25) is 0 Å². The molecule has 0 bridgehead atoms. The molecule has 5 heteroatoms. The number of hydrogen-bond acceptors (Lipinski definition) is 4. The van der Waals surface area contributed by atoms with Gasteiger partial charge in [0.25, 0.3) is 5.91 Å². The first kappa shape index (κ1) is 14.3. The molecule has 0 saturated carbocycles. The zero-order valence-electron chi connectivity index (χ0n) is 11.1. The van der Waals surface area contributed by atoms with Gasteiger partial charge < -0.3 is 11.1 Å². The van der Waals surface area contributed by atoms with E-state index in [1.165, 1.54) is 11.3 Å². The van der Waals surface area contributed by atoms with E-state index < -0.39 is 0 Å². The SMILES string of the molecule is Cc1ncc(C(=O)NCc2cccc(C#CCN)c2)s1. The molecular formula is C15H15N3OS. The van der Waals surface area contributed by atoms with E-state index in [-0.39, 0.29) is 5.91 Å². The second kappa shape index (κ2) is 6.85. The first-order valence-corrected chi connectivity index (χ1v) is 6.99. The number of amides is 1. The molecule has 0 aliphatic rings. The number of carbonyl (C=O) groups is 1. The fourth-order valence-corrected chi connectivity index (χ4v) is 2.34. The summed E-state index contributed by atoms with van der Waals surface area (Å²) in [6.07, 6.45) is 1.60. The highest BCUT2D eigenvalue weighted by Crippen LogP contribution is 2.11. The van der Waals surface area contributed by atoms with Crippen molar-refractivity contribution in [2.75, 3.05) is 6.54 Å². The fraction of sp³-hybridized carbons (Fsp3) is 0.200. The van der Waals surface area contributed by atoms with E-state index in [9.17, 15) is 4.79 Å². The maximum atomic E-state index is 11.9. The van der Waals surface area contributed by atoms with Crippen LogP contribution >= 0.6 is 11.3 Å². The van der Waals surface area contributed by atoms with Crippen LogP contribution in [-0.2, 0) is 6.54 Å². The van der Waals surface area contributed by atoms with E-state index in [4.69, 9.17) is 5.73 Å². The predicted molar refractivity (Wildman–Crippen MR) is 80.4 cm³/mol. The second-order valence-electron chi connectivity index (χ2n) is 4.13. The van der Waals surface area contributed by atoms with E-state index in [1.54, 1.807) is 6.20 Å². The van der Waals surface area contributed by atoms with Gasteiger partial charge in [-0.15, -0.1) is 11.3 Å². The number of aromatic nitrogens is 1. The van der Waals surface area contributed by atoms with E-state index in [0.717, 1.165) is 16.1 Å². The van der Waals surface area contributed by atoms with Gasteiger partial charge in [0, 0.05) is 12.1 Å². The van der Waals surface area contributed by atoms with Crippen molar-refractivity contribution < 1.29 is 4.79 Å². The molecule has 2 rings (SSSR count). The van der Waals surface area contributed by atoms with Crippen LogP contribution in [0.25, 0.3) is 0 Å². The van der Waals surface area contributed by atoms with Crippen molar-refractivity contribution >= 4 is 17.2 Å². The molecule has 0 fully saturated rings. The zero-order chi connectivity index (χ0) is 14.4. The van der Waals surface area contributed by atoms with Crippen molar-refractivity contribution in [3.63, 3.8) is 0 Å². The van der Waals surface area contributed by atoms with Gasteiger partial charge in [-0.1, -0.05) is 24.0 Å². The monoisotopic (exact) mass is 285 g/mol. The standard InChI is InChI=1S/C15H15N3OS/c1-11-17-10-14(20-11)15(19)18-9-13-5-2-4-12(8-13)6-3-7-16/h2,4-5,8,10H,7,9,16H2,1H3,(H,18,19). The molecule has 0 saturated heterocycles. The topological polar surface area (TPSA) is 68.0 Å². The van der Waals surface area contributed by atoms with E-state index >= 15 is 0 Å². The number of nitrogens with one attached hydrogen (secondary N) is 1. The van der Waals surface area contributed by atoms with Gasteiger partial charge in [-0.05, 0) is 24.6 Å². The molecule has 102 valence electrons.